The number of hydrogen-bond donors (Lipinski definition) is 1. The molecule has 1 fully saturated rings. The minimum atomic E-state index is -0.714. The van der Waals surface area contributed by atoms with Gasteiger partial charge in [-0.15, -0.1) is 0 Å². The van der Waals surface area contributed by atoms with Gasteiger partial charge in [0.25, 0.3) is 0 Å². The molecule has 7 nitrogen and oxygen atoms in total. The van der Waals surface area contributed by atoms with Crippen LogP contribution in [0.15, 0.2) is 41.7 Å². The maximum atomic E-state index is 12.6. The highest BCUT2D eigenvalue weighted by atomic mass is 16.5. The number of hydrogen-bond acceptors (Lipinski definition) is 7. The van der Waals surface area contributed by atoms with Gasteiger partial charge in [-0.3, -0.25) is 0 Å². The molecule has 0 bridgehead atoms. The monoisotopic (exact) mass is 387 g/mol. The first-order chi connectivity index (χ1) is 13.5. The van der Waals surface area contributed by atoms with Crippen molar-refractivity contribution in [3.05, 3.63) is 47.3 Å². The normalized spacial score (nSPS) is 17.8. The van der Waals surface area contributed by atoms with E-state index in [0.29, 0.717) is 22.5 Å². The molecule has 7 heteroatoms. The SMILES string of the molecule is COC(=O)C1=CN(C2CCCC2)C=C(C(=O)OC)C1c1ccc(OC)c(O)c1. The van der Waals surface area contributed by atoms with Crippen LogP contribution in [0.25, 0.3) is 0 Å². The Balaban J connectivity index is 2.11. The Hall–Kier alpha value is -2.96. The van der Waals surface area contributed by atoms with E-state index >= 15 is 0 Å². The van der Waals surface area contributed by atoms with E-state index in [1.807, 2.05) is 4.90 Å². The minimum absolute atomic E-state index is 0.0772. The molecule has 1 saturated carbocycles. The third-order valence-corrected chi connectivity index (χ3v) is 5.32. The van der Waals surface area contributed by atoms with E-state index in [4.69, 9.17) is 14.2 Å². The zero-order valence-electron chi connectivity index (χ0n) is 16.3. The van der Waals surface area contributed by atoms with E-state index in [-0.39, 0.29) is 11.8 Å². The Bertz CT molecular complexity index is 788. The molecule has 0 radical (unpaired) electrons. The zero-order chi connectivity index (χ0) is 20.3. The quantitative estimate of drug-likeness (QED) is 0.778. The molecule has 1 N–H and O–H groups in total. The van der Waals surface area contributed by atoms with Crippen LogP contribution < -0.4 is 4.74 Å². The molecule has 1 aliphatic carbocycles. The van der Waals surface area contributed by atoms with Crippen LogP contribution in [0.3, 0.4) is 0 Å². The molecule has 1 heterocycles. The molecule has 0 saturated heterocycles. The number of ether oxygens (including phenoxy) is 3. The fraction of sp³-hybridized carbons (Fsp3) is 0.429. The molecule has 1 aliphatic heterocycles. The van der Waals surface area contributed by atoms with Crippen LogP contribution >= 0.6 is 0 Å². The van der Waals surface area contributed by atoms with E-state index in [9.17, 15) is 14.7 Å². The zero-order valence-corrected chi connectivity index (χ0v) is 16.3. The Morgan fingerprint density at radius 2 is 1.57 bits per heavy atom. The summed E-state index contributed by atoms with van der Waals surface area (Å²) in [5.41, 5.74) is 1.21. The molecule has 0 atom stereocenters. The van der Waals surface area contributed by atoms with Gasteiger partial charge in [0.15, 0.2) is 11.5 Å². The van der Waals surface area contributed by atoms with Gasteiger partial charge in [-0.1, -0.05) is 18.9 Å². The van der Waals surface area contributed by atoms with Gasteiger partial charge in [-0.2, -0.15) is 0 Å². The van der Waals surface area contributed by atoms with Crippen LogP contribution in [0, 0.1) is 0 Å². The third kappa shape index (κ3) is 3.69. The molecular weight excluding hydrogens is 362 g/mol. The van der Waals surface area contributed by atoms with Crippen LogP contribution in [0.2, 0.25) is 0 Å². The molecule has 0 spiro atoms. The number of carbonyl (C=O) groups excluding carboxylic acids is 2. The summed E-state index contributed by atoms with van der Waals surface area (Å²) in [6.07, 6.45) is 7.70. The van der Waals surface area contributed by atoms with Crippen LogP contribution in [0.1, 0.15) is 37.2 Å². The second kappa shape index (κ2) is 8.37. The molecule has 1 aromatic rings. The van der Waals surface area contributed by atoms with Gasteiger partial charge < -0.3 is 24.2 Å². The van der Waals surface area contributed by atoms with Gasteiger partial charge in [0.05, 0.1) is 38.4 Å². The van der Waals surface area contributed by atoms with Crippen molar-refractivity contribution in [3.63, 3.8) is 0 Å². The summed E-state index contributed by atoms with van der Waals surface area (Å²) >= 11 is 0. The van der Waals surface area contributed by atoms with E-state index in [1.54, 1.807) is 24.5 Å². The Morgan fingerprint density at radius 1 is 1.00 bits per heavy atom. The summed E-state index contributed by atoms with van der Waals surface area (Å²) in [6, 6.07) is 5.02. The van der Waals surface area contributed by atoms with Crippen molar-refractivity contribution in [3.8, 4) is 11.5 Å². The topological polar surface area (TPSA) is 85.3 Å². The maximum absolute atomic E-state index is 12.6. The molecule has 28 heavy (non-hydrogen) atoms. The fourth-order valence-electron chi connectivity index (χ4n) is 3.91. The van der Waals surface area contributed by atoms with Crippen molar-refractivity contribution in [2.24, 2.45) is 0 Å². The van der Waals surface area contributed by atoms with Gasteiger partial charge in [0, 0.05) is 18.4 Å². The molecule has 0 amide bonds. The van der Waals surface area contributed by atoms with E-state index < -0.39 is 17.9 Å². The molecular formula is C21H25NO6. The van der Waals surface area contributed by atoms with Gasteiger partial charge in [-0.05, 0) is 30.5 Å². The number of methoxy groups -OCH3 is 3. The lowest BCUT2D eigenvalue weighted by atomic mass is 9.83. The number of aromatic hydroxyl groups is 1. The number of benzene rings is 1. The highest BCUT2D eigenvalue weighted by Gasteiger charge is 2.37. The lowest BCUT2D eigenvalue weighted by Crippen LogP contribution is -2.33. The van der Waals surface area contributed by atoms with Crippen LogP contribution in [-0.2, 0) is 19.1 Å². The van der Waals surface area contributed by atoms with Gasteiger partial charge in [-0.25, -0.2) is 9.59 Å². The first kappa shape index (κ1) is 19.8. The summed E-state index contributed by atoms with van der Waals surface area (Å²) in [4.78, 5) is 27.1. The van der Waals surface area contributed by atoms with Crippen LogP contribution in [0.4, 0.5) is 0 Å². The smallest absolute Gasteiger partial charge is 0.336 e. The van der Waals surface area contributed by atoms with Crippen molar-refractivity contribution in [1.29, 1.82) is 0 Å². The minimum Gasteiger partial charge on any atom is -0.504 e. The van der Waals surface area contributed by atoms with Gasteiger partial charge in [0.2, 0.25) is 0 Å². The van der Waals surface area contributed by atoms with Crippen molar-refractivity contribution >= 4 is 11.9 Å². The lowest BCUT2D eigenvalue weighted by molar-refractivity contribution is -0.137. The largest absolute Gasteiger partial charge is 0.504 e. The molecule has 2 aliphatic rings. The third-order valence-electron chi connectivity index (χ3n) is 5.32. The van der Waals surface area contributed by atoms with Crippen molar-refractivity contribution < 1.29 is 28.9 Å². The lowest BCUT2D eigenvalue weighted by Gasteiger charge is -2.33. The Labute approximate surface area is 164 Å². The van der Waals surface area contributed by atoms with Crippen LogP contribution in [-0.4, -0.2) is 49.3 Å². The molecule has 1 aromatic carbocycles. The molecule has 0 unspecified atom stereocenters. The molecule has 3 rings (SSSR count). The summed E-state index contributed by atoms with van der Waals surface area (Å²) in [6.45, 7) is 0. The fourth-order valence-corrected chi connectivity index (χ4v) is 3.91. The van der Waals surface area contributed by atoms with Crippen molar-refractivity contribution in [2.75, 3.05) is 21.3 Å². The predicted octanol–water partition coefficient (Wildman–Crippen LogP) is 2.86. The number of rotatable bonds is 5. The summed E-state index contributed by atoms with van der Waals surface area (Å²) in [5.74, 6) is -1.55. The van der Waals surface area contributed by atoms with E-state index in [1.165, 1.54) is 27.4 Å². The Kier molecular flexibility index (Phi) is 5.92. The van der Waals surface area contributed by atoms with Gasteiger partial charge in [0.1, 0.15) is 0 Å². The second-order valence-electron chi connectivity index (χ2n) is 6.90. The summed E-state index contributed by atoms with van der Waals surface area (Å²) in [5, 5.41) is 10.2. The van der Waals surface area contributed by atoms with Crippen molar-refractivity contribution in [1.82, 2.24) is 4.90 Å². The molecule has 150 valence electrons. The number of nitrogens with zero attached hydrogens (tertiary/aromatic N) is 1. The van der Waals surface area contributed by atoms with Crippen molar-refractivity contribution in [2.45, 2.75) is 37.6 Å². The Morgan fingerprint density at radius 3 is 2.04 bits per heavy atom. The van der Waals surface area contributed by atoms with Crippen LogP contribution in [0.5, 0.6) is 11.5 Å². The molecule has 0 aromatic heterocycles. The first-order valence-corrected chi connectivity index (χ1v) is 9.24. The summed E-state index contributed by atoms with van der Waals surface area (Å²) < 4.78 is 15.1. The second-order valence-corrected chi connectivity index (χ2v) is 6.90. The highest BCUT2D eigenvalue weighted by Crippen LogP contribution is 2.41. The average Bonchev–Trinajstić information content (AvgIpc) is 3.26. The van der Waals surface area contributed by atoms with E-state index in [0.717, 1.165) is 25.7 Å². The summed E-state index contributed by atoms with van der Waals surface area (Å²) in [7, 11) is 4.07. The first-order valence-electron chi connectivity index (χ1n) is 9.24. The number of phenols is 1. The number of phenolic OH excluding ortho intramolecular Hbond substituents is 1. The maximum Gasteiger partial charge on any atom is 0.336 e. The number of esters is 2. The average molecular weight is 387 g/mol. The predicted molar refractivity (Wildman–Crippen MR) is 102 cm³/mol. The highest BCUT2D eigenvalue weighted by molar-refractivity contribution is 5.98. The van der Waals surface area contributed by atoms with E-state index in [2.05, 4.69) is 0 Å². The van der Waals surface area contributed by atoms with Gasteiger partial charge >= 0.3 is 11.9 Å². The number of carbonyl (C=O) groups is 2. The standard InChI is InChI=1S/C21H25NO6/c1-26-18-9-8-13(10-17(18)23)19-15(20(24)27-2)11-22(14-6-4-5-7-14)12-16(19)21(25)28-3/h8-12,14,19,23H,4-7H2,1-3H3.